The van der Waals surface area contributed by atoms with E-state index in [1.807, 2.05) is 6.07 Å². The van der Waals surface area contributed by atoms with Gasteiger partial charge in [-0.15, -0.1) is 11.6 Å². The predicted octanol–water partition coefficient (Wildman–Crippen LogP) is 2.69. The molecule has 78 valence electrons. The third-order valence-electron chi connectivity index (χ3n) is 1.91. The van der Waals surface area contributed by atoms with E-state index < -0.39 is 5.97 Å². The monoisotopic (exact) mass is 287 g/mol. The quantitative estimate of drug-likeness (QED) is 0.870. The molecule has 1 N–H and O–H groups in total. The van der Waals surface area contributed by atoms with Crippen molar-refractivity contribution in [3.05, 3.63) is 33.3 Å². The van der Waals surface area contributed by atoms with Crippen LogP contribution in [0.2, 0.25) is 0 Å². The topological polar surface area (TPSA) is 61.1 Å². The average molecular weight is 289 g/mol. The summed E-state index contributed by atoms with van der Waals surface area (Å²) in [6.45, 7) is 0. The first-order valence-corrected chi connectivity index (χ1v) is 5.41. The summed E-state index contributed by atoms with van der Waals surface area (Å²) in [6.07, 6.45) is -0.163. The summed E-state index contributed by atoms with van der Waals surface area (Å²) in [5.74, 6) is -0.681. The van der Waals surface area contributed by atoms with E-state index in [0.29, 0.717) is 15.6 Å². The van der Waals surface area contributed by atoms with Crippen molar-refractivity contribution in [3.8, 4) is 6.07 Å². The molecular formula is C10H7BrClNO2. The van der Waals surface area contributed by atoms with Crippen LogP contribution in [0.5, 0.6) is 0 Å². The predicted molar refractivity (Wildman–Crippen MR) is 59.8 cm³/mol. The molecule has 3 nitrogen and oxygen atoms in total. The Bertz CT molecular complexity index is 440. The molecule has 0 saturated heterocycles. The van der Waals surface area contributed by atoms with Gasteiger partial charge in [-0.1, -0.05) is 12.1 Å². The summed E-state index contributed by atoms with van der Waals surface area (Å²) in [7, 11) is 0. The van der Waals surface area contributed by atoms with Crippen molar-refractivity contribution in [1.29, 1.82) is 5.26 Å². The Hall–Kier alpha value is -1.05. The maximum atomic E-state index is 10.6. The van der Waals surface area contributed by atoms with E-state index in [0.717, 1.165) is 5.56 Å². The summed E-state index contributed by atoms with van der Waals surface area (Å²) in [5, 5.41) is 17.6. The fourth-order valence-corrected chi connectivity index (χ4v) is 2.19. The average Bonchev–Trinajstić information content (AvgIpc) is 2.18. The van der Waals surface area contributed by atoms with Crippen LogP contribution < -0.4 is 0 Å². The van der Waals surface area contributed by atoms with Crippen molar-refractivity contribution < 1.29 is 9.90 Å². The van der Waals surface area contributed by atoms with Crippen molar-refractivity contribution >= 4 is 33.5 Å². The van der Waals surface area contributed by atoms with Gasteiger partial charge in [-0.25, -0.2) is 0 Å². The third kappa shape index (κ3) is 2.71. The minimum Gasteiger partial charge on any atom is -0.481 e. The van der Waals surface area contributed by atoms with Crippen molar-refractivity contribution in [2.45, 2.75) is 12.3 Å². The molecule has 0 amide bonds. The van der Waals surface area contributed by atoms with Crippen LogP contribution in [0.3, 0.4) is 0 Å². The zero-order valence-electron chi connectivity index (χ0n) is 7.63. The van der Waals surface area contributed by atoms with Crippen LogP contribution in [-0.2, 0) is 17.1 Å². The lowest BCUT2D eigenvalue weighted by Gasteiger charge is -2.06. The van der Waals surface area contributed by atoms with Gasteiger partial charge >= 0.3 is 5.97 Å². The number of carbonyl (C=O) groups is 1. The van der Waals surface area contributed by atoms with Gasteiger partial charge < -0.3 is 5.11 Å². The van der Waals surface area contributed by atoms with Crippen LogP contribution >= 0.6 is 27.5 Å². The molecule has 0 aliphatic rings. The number of hydrogen-bond acceptors (Lipinski definition) is 2. The van der Waals surface area contributed by atoms with Gasteiger partial charge in [-0.3, -0.25) is 4.79 Å². The van der Waals surface area contributed by atoms with Crippen molar-refractivity contribution in [2.24, 2.45) is 0 Å². The lowest BCUT2D eigenvalue weighted by Crippen LogP contribution is -2.03. The Morgan fingerprint density at radius 1 is 1.53 bits per heavy atom. The Labute approximate surface area is 100 Å². The van der Waals surface area contributed by atoms with Gasteiger partial charge in [0.25, 0.3) is 0 Å². The van der Waals surface area contributed by atoms with Gasteiger partial charge in [0.15, 0.2) is 0 Å². The minimum atomic E-state index is -0.961. The van der Waals surface area contributed by atoms with Gasteiger partial charge in [-0.2, -0.15) is 5.26 Å². The molecule has 1 rings (SSSR count). The maximum Gasteiger partial charge on any atom is 0.307 e. The normalized spacial score (nSPS) is 9.67. The van der Waals surface area contributed by atoms with E-state index in [1.54, 1.807) is 12.1 Å². The van der Waals surface area contributed by atoms with Crippen molar-refractivity contribution in [3.63, 3.8) is 0 Å². The number of rotatable bonds is 3. The number of hydrogen-bond donors (Lipinski definition) is 1. The molecule has 0 aliphatic carbocycles. The largest absolute Gasteiger partial charge is 0.481 e. The lowest BCUT2D eigenvalue weighted by atomic mass is 10.0. The SMILES string of the molecule is N#Cc1c(CC(=O)O)ccc(CCl)c1Br. The van der Waals surface area contributed by atoms with E-state index in [9.17, 15) is 4.79 Å². The molecule has 0 fully saturated rings. The molecule has 0 bridgehead atoms. The molecule has 0 radical (unpaired) electrons. The molecule has 1 aromatic carbocycles. The summed E-state index contributed by atoms with van der Waals surface area (Å²) in [6, 6.07) is 5.31. The first-order valence-electron chi connectivity index (χ1n) is 4.08. The minimum absolute atomic E-state index is 0.163. The van der Waals surface area contributed by atoms with Crippen LogP contribution in [0.4, 0.5) is 0 Å². The maximum absolute atomic E-state index is 10.6. The molecule has 15 heavy (non-hydrogen) atoms. The highest BCUT2D eigenvalue weighted by atomic mass is 79.9. The van der Waals surface area contributed by atoms with Gasteiger partial charge in [0.1, 0.15) is 6.07 Å². The van der Waals surface area contributed by atoms with Crippen LogP contribution in [0.15, 0.2) is 16.6 Å². The first-order chi connectivity index (χ1) is 7.10. The molecule has 1 aromatic rings. The number of benzene rings is 1. The molecule has 0 atom stereocenters. The Morgan fingerprint density at radius 3 is 2.60 bits per heavy atom. The summed E-state index contributed by atoms with van der Waals surface area (Å²) >= 11 is 8.91. The zero-order valence-corrected chi connectivity index (χ0v) is 9.97. The highest BCUT2D eigenvalue weighted by Gasteiger charge is 2.12. The number of nitrogens with zero attached hydrogens (tertiary/aromatic N) is 1. The third-order valence-corrected chi connectivity index (χ3v) is 3.10. The highest BCUT2D eigenvalue weighted by Crippen LogP contribution is 2.26. The Kier molecular flexibility index (Phi) is 4.13. The number of carboxylic acids is 1. The van der Waals surface area contributed by atoms with Gasteiger partial charge in [0.2, 0.25) is 0 Å². The first kappa shape index (κ1) is 12.0. The number of alkyl halides is 1. The molecule has 5 heteroatoms. The van der Waals surface area contributed by atoms with E-state index in [2.05, 4.69) is 15.9 Å². The zero-order chi connectivity index (χ0) is 11.4. The van der Waals surface area contributed by atoms with Gasteiger partial charge in [0.05, 0.1) is 12.0 Å². The smallest absolute Gasteiger partial charge is 0.307 e. The Balaban J connectivity index is 3.26. The highest BCUT2D eigenvalue weighted by molar-refractivity contribution is 9.10. The van der Waals surface area contributed by atoms with E-state index in [-0.39, 0.29) is 12.3 Å². The van der Waals surface area contributed by atoms with Crippen LogP contribution in [0.1, 0.15) is 16.7 Å². The van der Waals surface area contributed by atoms with E-state index in [4.69, 9.17) is 22.0 Å². The molecular weight excluding hydrogens is 281 g/mol. The molecule has 0 aliphatic heterocycles. The van der Waals surface area contributed by atoms with Crippen LogP contribution in [-0.4, -0.2) is 11.1 Å². The molecule has 0 saturated carbocycles. The summed E-state index contributed by atoms with van der Waals surface area (Å²) < 4.78 is 0.582. The number of aliphatic carboxylic acids is 1. The number of halogens is 2. The molecule has 0 unspecified atom stereocenters. The van der Waals surface area contributed by atoms with Gasteiger partial charge in [0, 0.05) is 10.4 Å². The molecule has 0 aromatic heterocycles. The second-order valence-electron chi connectivity index (χ2n) is 2.89. The molecule has 0 heterocycles. The second kappa shape index (κ2) is 5.15. The number of carboxylic acid groups (broad SMARTS) is 1. The molecule has 0 spiro atoms. The van der Waals surface area contributed by atoms with Crippen molar-refractivity contribution in [2.75, 3.05) is 0 Å². The van der Waals surface area contributed by atoms with Crippen LogP contribution in [0.25, 0.3) is 0 Å². The number of nitriles is 1. The Morgan fingerprint density at radius 2 is 2.13 bits per heavy atom. The van der Waals surface area contributed by atoms with E-state index >= 15 is 0 Å². The standard InChI is InChI=1S/C10H7BrClNO2/c11-10-7(4-12)2-1-6(3-9(14)15)8(10)5-13/h1-2H,3-4H2,(H,14,15). The summed E-state index contributed by atoms with van der Waals surface area (Å²) in [4.78, 5) is 10.6. The van der Waals surface area contributed by atoms with Gasteiger partial charge in [-0.05, 0) is 27.1 Å². The fraction of sp³-hybridized carbons (Fsp3) is 0.200. The van der Waals surface area contributed by atoms with Crippen molar-refractivity contribution in [1.82, 2.24) is 0 Å². The summed E-state index contributed by atoms with van der Waals surface area (Å²) in [5.41, 5.74) is 1.61. The second-order valence-corrected chi connectivity index (χ2v) is 3.95. The van der Waals surface area contributed by atoms with E-state index in [1.165, 1.54) is 0 Å². The lowest BCUT2D eigenvalue weighted by molar-refractivity contribution is -0.136. The van der Waals surface area contributed by atoms with Crippen LogP contribution in [0, 0.1) is 11.3 Å². The fourth-order valence-electron chi connectivity index (χ4n) is 1.19.